The lowest BCUT2D eigenvalue weighted by atomic mass is 9.87. The van der Waals surface area contributed by atoms with E-state index in [4.69, 9.17) is 0 Å². The molecule has 0 aliphatic heterocycles. The van der Waals surface area contributed by atoms with Crippen molar-refractivity contribution in [3.63, 3.8) is 0 Å². The van der Waals surface area contributed by atoms with Gasteiger partial charge >= 0.3 is 0 Å². The maximum atomic E-state index is 13.5. The van der Waals surface area contributed by atoms with Gasteiger partial charge in [-0.2, -0.15) is 4.98 Å². The second-order valence-electron chi connectivity index (χ2n) is 8.29. The van der Waals surface area contributed by atoms with E-state index >= 15 is 0 Å². The van der Waals surface area contributed by atoms with Gasteiger partial charge in [-0.05, 0) is 35.2 Å². The molecular weight excluding hydrogens is 435 g/mol. The van der Waals surface area contributed by atoms with Gasteiger partial charge in [0, 0.05) is 23.9 Å². The molecule has 6 nitrogen and oxygen atoms in total. The Kier molecular flexibility index (Phi) is 5.67. The minimum absolute atomic E-state index is 0.0395. The number of thiazole rings is 1. The molecule has 1 N–H and O–H groups in total. The van der Waals surface area contributed by atoms with Gasteiger partial charge < -0.3 is 0 Å². The molecule has 0 fully saturated rings. The number of hydrogen-bond acceptors (Lipinski definition) is 5. The van der Waals surface area contributed by atoms with E-state index in [9.17, 15) is 12.8 Å². The highest BCUT2D eigenvalue weighted by Gasteiger charge is 2.18. The molecule has 0 amide bonds. The summed E-state index contributed by atoms with van der Waals surface area (Å²) in [6, 6.07) is 13.1. The standard InChI is InChI=1S/C22H23FN4O2S2/c1-22(2,3)16-7-9-19(10-8-16)31(28,29)24-12-11-18-14-30-21-25-20(26-27(18)21)15-5-4-6-17(23)13-15/h4-10,13-14,24H,11-12H2,1-3H3. The summed E-state index contributed by atoms with van der Waals surface area (Å²) in [6.07, 6.45) is 0.450. The summed E-state index contributed by atoms with van der Waals surface area (Å²) in [5.41, 5.74) is 2.47. The largest absolute Gasteiger partial charge is 0.240 e. The third-order valence-corrected chi connectivity index (χ3v) is 7.28. The molecule has 2 heterocycles. The minimum Gasteiger partial charge on any atom is -0.211 e. The first-order chi connectivity index (χ1) is 14.6. The Balaban J connectivity index is 1.45. The summed E-state index contributed by atoms with van der Waals surface area (Å²) in [4.78, 5) is 5.36. The average Bonchev–Trinajstić information content (AvgIpc) is 3.29. The van der Waals surface area contributed by atoms with Gasteiger partial charge in [0.05, 0.1) is 10.6 Å². The van der Waals surface area contributed by atoms with Crippen molar-refractivity contribution in [2.45, 2.75) is 37.5 Å². The Bertz CT molecular complexity index is 1320. The van der Waals surface area contributed by atoms with Crippen LogP contribution in [-0.2, 0) is 21.9 Å². The van der Waals surface area contributed by atoms with Crippen molar-refractivity contribution in [2.24, 2.45) is 0 Å². The van der Waals surface area contributed by atoms with Gasteiger partial charge in [0.1, 0.15) is 5.82 Å². The van der Waals surface area contributed by atoms with Crippen molar-refractivity contribution in [1.82, 2.24) is 19.3 Å². The van der Waals surface area contributed by atoms with E-state index in [2.05, 4.69) is 35.6 Å². The number of nitrogens with one attached hydrogen (secondary N) is 1. The summed E-state index contributed by atoms with van der Waals surface area (Å²) in [5, 5.41) is 6.36. The van der Waals surface area contributed by atoms with Crippen LogP contribution in [0.4, 0.5) is 4.39 Å². The van der Waals surface area contributed by atoms with Crippen LogP contribution >= 0.6 is 11.3 Å². The second kappa shape index (κ2) is 8.14. The Morgan fingerprint density at radius 1 is 1.13 bits per heavy atom. The number of benzene rings is 2. The normalized spacial score (nSPS) is 12.5. The third kappa shape index (κ3) is 4.68. The minimum atomic E-state index is -3.61. The van der Waals surface area contributed by atoms with Crippen LogP contribution < -0.4 is 4.72 Å². The number of rotatable bonds is 6. The van der Waals surface area contributed by atoms with E-state index in [1.807, 2.05) is 17.5 Å². The first-order valence-electron chi connectivity index (χ1n) is 9.83. The molecule has 2 aromatic heterocycles. The van der Waals surface area contributed by atoms with Crippen molar-refractivity contribution < 1.29 is 12.8 Å². The lowest BCUT2D eigenvalue weighted by Gasteiger charge is -2.19. The Morgan fingerprint density at radius 3 is 2.55 bits per heavy atom. The zero-order valence-electron chi connectivity index (χ0n) is 17.5. The fourth-order valence-electron chi connectivity index (χ4n) is 3.18. The van der Waals surface area contributed by atoms with E-state index in [1.54, 1.807) is 28.8 Å². The molecule has 162 valence electrons. The predicted molar refractivity (Wildman–Crippen MR) is 120 cm³/mol. The fraction of sp³-hybridized carbons (Fsp3) is 0.273. The van der Waals surface area contributed by atoms with E-state index in [1.165, 1.54) is 23.5 Å². The number of nitrogens with zero attached hydrogens (tertiary/aromatic N) is 3. The number of sulfonamides is 1. The average molecular weight is 459 g/mol. The van der Waals surface area contributed by atoms with Gasteiger partial charge in [0.2, 0.25) is 15.0 Å². The molecule has 0 unspecified atom stereocenters. The van der Waals surface area contributed by atoms with Crippen molar-refractivity contribution in [2.75, 3.05) is 6.54 Å². The lowest BCUT2D eigenvalue weighted by Crippen LogP contribution is -2.26. The van der Waals surface area contributed by atoms with Crippen molar-refractivity contribution in [3.05, 3.63) is 71.0 Å². The van der Waals surface area contributed by atoms with E-state index < -0.39 is 10.0 Å². The second-order valence-corrected chi connectivity index (χ2v) is 10.9. The maximum Gasteiger partial charge on any atom is 0.240 e. The molecule has 0 atom stereocenters. The zero-order chi connectivity index (χ0) is 22.2. The molecule has 0 spiro atoms. The van der Waals surface area contributed by atoms with Crippen LogP contribution in [0.3, 0.4) is 0 Å². The van der Waals surface area contributed by atoms with Crippen LogP contribution in [-0.4, -0.2) is 29.6 Å². The third-order valence-electron chi connectivity index (χ3n) is 4.94. The molecule has 2 aromatic carbocycles. The van der Waals surface area contributed by atoms with Gasteiger partial charge in [-0.3, -0.25) is 0 Å². The van der Waals surface area contributed by atoms with Crippen LogP contribution in [0.5, 0.6) is 0 Å². The topological polar surface area (TPSA) is 76.4 Å². The summed E-state index contributed by atoms with van der Waals surface area (Å²) in [5.74, 6) is 0.0907. The quantitative estimate of drug-likeness (QED) is 0.464. The highest BCUT2D eigenvalue weighted by atomic mass is 32.2. The molecule has 0 aliphatic carbocycles. The smallest absolute Gasteiger partial charge is 0.211 e. The van der Waals surface area contributed by atoms with Crippen LogP contribution in [0.15, 0.2) is 58.8 Å². The van der Waals surface area contributed by atoms with Crippen molar-refractivity contribution in [3.8, 4) is 11.4 Å². The van der Waals surface area contributed by atoms with Crippen LogP contribution in [0.1, 0.15) is 32.0 Å². The van der Waals surface area contributed by atoms with Gasteiger partial charge in [0.15, 0.2) is 5.82 Å². The van der Waals surface area contributed by atoms with Crippen molar-refractivity contribution >= 4 is 26.3 Å². The summed E-state index contributed by atoms with van der Waals surface area (Å²) in [7, 11) is -3.61. The van der Waals surface area contributed by atoms with Gasteiger partial charge in [0.25, 0.3) is 0 Å². The first-order valence-corrected chi connectivity index (χ1v) is 12.2. The summed E-state index contributed by atoms with van der Waals surface area (Å²) in [6.45, 7) is 6.48. The van der Waals surface area contributed by atoms with Crippen LogP contribution in [0.2, 0.25) is 0 Å². The number of hydrogen-bond donors (Lipinski definition) is 1. The molecule has 31 heavy (non-hydrogen) atoms. The van der Waals surface area contributed by atoms with Gasteiger partial charge in [-0.1, -0.05) is 45.0 Å². The molecule has 0 saturated carbocycles. The SMILES string of the molecule is CC(C)(C)c1ccc(S(=O)(=O)NCCc2csc3nc(-c4cccc(F)c4)nn23)cc1. The monoisotopic (exact) mass is 458 g/mol. The fourth-order valence-corrected chi connectivity index (χ4v) is 5.07. The number of halogens is 1. The maximum absolute atomic E-state index is 13.5. The number of fused-ring (bicyclic) bond motifs is 1. The van der Waals surface area contributed by atoms with E-state index in [0.717, 1.165) is 11.3 Å². The highest BCUT2D eigenvalue weighted by Crippen LogP contribution is 2.24. The summed E-state index contributed by atoms with van der Waals surface area (Å²) >= 11 is 1.41. The van der Waals surface area contributed by atoms with E-state index in [-0.39, 0.29) is 22.7 Å². The van der Waals surface area contributed by atoms with Gasteiger partial charge in [-0.25, -0.2) is 22.0 Å². The molecular formula is C22H23FN4O2S2. The Labute approximate surface area is 184 Å². The molecule has 0 bridgehead atoms. The van der Waals surface area contributed by atoms with Crippen LogP contribution in [0.25, 0.3) is 16.3 Å². The molecule has 9 heteroatoms. The molecule has 0 saturated heterocycles. The molecule has 4 aromatic rings. The molecule has 0 radical (unpaired) electrons. The summed E-state index contributed by atoms with van der Waals surface area (Å²) < 4.78 is 43.1. The number of aromatic nitrogens is 3. The zero-order valence-corrected chi connectivity index (χ0v) is 19.1. The van der Waals surface area contributed by atoms with Crippen LogP contribution in [0, 0.1) is 5.82 Å². The van der Waals surface area contributed by atoms with Crippen molar-refractivity contribution in [1.29, 1.82) is 0 Å². The first kappa shape index (κ1) is 21.6. The predicted octanol–water partition coefficient (Wildman–Crippen LogP) is 4.42. The Morgan fingerprint density at radius 2 is 1.87 bits per heavy atom. The lowest BCUT2D eigenvalue weighted by molar-refractivity contribution is 0.578. The van der Waals surface area contributed by atoms with E-state index in [0.29, 0.717) is 22.8 Å². The molecule has 0 aliphatic rings. The Hall–Kier alpha value is -2.62. The molecule has 4 rings (SSSR count). The van der Waals surface area contributed by atoms with Gasteiger partial charge in [-0.15, -0.1) is 16.4 Å². The highest BCUT2D eigenvalue weighted by molar-refractivity contribution is 7.89.